The first-order chi connectivity index (χ1) is 4.84. The van der Waals surface area contributed by atoms with E-state index in [1.165, 1.54) is 0 Å². The summed E-state index contributed by atoms with van der Waals surface area (Å²) in [5.74, 6) is 0. The Balaban J connectivity index is 2.88. The van der Waals surface area contributed by atoms with Crippen LogP contribution in [0.15, 0.2) is 24.5 Å². The maximum atomic E-state index is 8.39. The SMILES string of the molecule is N#C[C@@H](N)c1ccncc1. The Morgan fingerprint density at radius 3 is 2.60 bits per heavy atom. The van der Waals surface area contributed by atoms with Gasteiger partial charge in [-0.3, -0.25) is 4.98 Å². The molecule has 0 aliphatic rings. The predicted octanol–water partition coefficient (Wildman–Crippen LogP) is 0.605. The molecule has 0 amide bonds. The molecule has 1 atom stereocenters. The van der Waals surface area contributed by atoms with E-state index < -0.39 is 6.04 Å². The Bertz CT molecular complexity index is 237. The van der Waals surface area contributed by atoms with Crippen molar-refractivity contribution in [3.8, 4) is 6.07 Å². The van der Waals surface area contributed by atoms with E-state index in [0.29, 0.717) is 0 Å². The minimum Gasteiger partial charge on any atom is -0.312 e. The fraction of sp³-hybridized carbons (Fsp3) is 0.143. The Kier molecular flexibility index (Phi) is 1.98. The summed E-state index contributed by atoms with van der Waals surface area (Å²) in [6.45, 7) is 0. The molecule has 2 N–H and O–H groups in total. The minimum atomic E-state index is -0.525. The third kappa shape index (κ3) is 1.30. The van der Waals surface area contributed by atoms with Gasteiger partial charge in [-0.2, -0.15) is 5.26 Å². The molecule has 0 unspecified atom stereocenters. The van der Waals surface area contributed by atoms with Gasteiger partial charge in [0, 0.05) is 12.4 Å². The van der Waals surface area contributed by atoms with E-state index in [1.54, 1.807) is 24.5 Å². The second kappa shape index (κ2) is 2.95. The summed E-state index contributed by atoms with van der Waals surface area (Å²) in [6.07, 6.45) is 3.24. The van der Waals surface area contributed by atoms with Gasteiger partial charge < -0.3 is 5.73 Å². The summed E-state index contributed by atoms with van der Waals surface area (Å²) < 4.78 is 0. The van der Waals surface area contributed by atoms with E-state index in [4.69, 9.17) is 11.0 Å². The standard InChI is InChI=1S/C7H7N3/c8-5-7(9)6-1-3-10-4-2-6/h1-4,7H,9H2/t7-/m1/s1. The van der Waals surface area contributed by atoms with E-state index in [0.717, 1.165) is 5.56 Å². The van der Waals surface area contributed by atoms with Gasteiger partial charge in [0.2, 0.25) is 0 Å². The Morgan fingerprint density at radius 1 is 1.50 bits per heavy atom. The average molecular weight is 133 g/mol. The molecule has 50 valence electrons. The highest BCUT2D eigenvalue weighted by molar-refractivity contribution is 5.19. The predicted molar refractivity (Wildman–Crippen MR) is 36.8 cm³/mol. The highest BCUT2D eigenvalue weighted by atomic mass is 14.6. The molecule has 0 saturated carbocycles. The zero-order valence-corrected chi connectivity index (χ0v) is 5.36. The Morgan fingerprint density at radius 2 is 2.10 bits per heavy atom. The van der Waals surface area contributed by atoms with Crippen molar-refractivity contribution in [1.29, 1.82) is 5.26 Å². The molecule has 1 heterocycles. The summed E-state index contributed by atoms with van der Waals surface area (Å²) in [7, 11) is 0. The lowest BCUT2D eigenvalue weighted by Crippen LogP contribution is -2.06. The molecule has 0 fully saturated rings. The Hall–Kier alpha value is -1.40. The third-order valence-corrected chi connectivity index (χ3v) is 1.20. The van der Waals surface area contributed by atoms with Crippen molar-refractivity contribution in [2.75, 3.05) is 0 Å². The van der Waals surface area contributed by atoms with Crippen molar-refractivity contribution in [1.82, 2.24) is 4.98 Å². The number of aromatic nitrogens is 1. The van der Waals surface area contributed by atoms with Crippen molar-refractivity contribution in [3.63, 3.8) is 0 Å². The van der Waals surface area contributed by atoms with Crippen LogP contribution in [-0.2, 0) is 0 Å². The van der Waals surface area contributed by atoms with Gasteiger partial charge in [0.1, 0.15) is 6.04 Å². The summed E-state index contributed by atoms with van der Waals surface area (Å²) in [4.78, 5) is 3.80. The topological polar surface area (TPSA) is 62.7 Å². The van der Waals surface area contributed by atoms with Crippen molar-refractivity contribution in [2.24, 2.45) is 5.73 Å². The second-order valence-corrected chi connectivity index (χ2v) is 1.89. The molecule has 1 rings (SSSR count). The molecular weight excluding hydrogens is 126 g/mol. The summed E-state index contributed by atoms with van der Waals surface area (Å²) in [6, 6.07) is 4.87. The number of hydrogen-bond donors (Lipinski definition) is 1. The van der Waals surface area contributed by atoms with Crippen LogP contribution in [0.3, 0.4) is 0 Å². The van der Waals surface area contributed by atoms with E-state index in [9.17, 15) is 0 Å². The quantitative estimate of drug-likeness (QED) is 0.610. The van der Waals surface area contributed by atoms with Crippen LogP contribution in [0.25, 0.3) is 0 Å². The molecule has 0 radical (unpaired) electrons. The zero-order valence-electron chi connectivity index (χ0n) is 5.36. The Labute approximate surface area is 59.1 Å². The monoisotopic (exact) mass is 133 g/mol. The van der Waals surface area contributed by atoms with Gasteiger partial charge in [-0.15, -0.1) is 0 Å². The van der Waals surface area contributed by atoms with Crippen LogP contribution in [0, 0.1) is 11.3 Å². The van der Waals surface area contributed by atoms with E-state index in [-0.39, 0.29) is 0 Å². The van der Waals surface area contributed by atoms with Gasteiger partial charge in [0.15, 0.2) is 0 Å². The van der Waals surface area contributed by atoms with Crippen LogP contribution in [0.2, 0.25) is 0 Å². The summed E-state index contributed by atoms with van der Waals surface area (Å²) in [5, 5.41) is 8.39. The minimum absolute atomic E-state index is 0.525. The largest absolute Gasteiger partial charge is 0.312 e. The molecule has 0 saturated heterocycles. The van der Waals surface area contributed by atoms with Crippen LogP contribution >= 0.6 is 0 Å². The molecule has 1 aromatic heterocycles. The van der Waals surface area contributed by atoms with Gasteiger partial charge in [0.25, 0.3) is 0 Å². The lowest BCUT2D eigenvalue weighted by molar-refractivity contribution is 0.921. The third-order valence-electron chi connectivity index (χ3n) is 1.20. The molecule has 3 heteroatoms. The molecule has 0 spiro atoms. The second-order valence-electron chi connectivity index (χ2n) is 1.89. The summed E-state index contributed by atoms with van der Waals surface area (Å²) >= 11 is 0. The van der Waals surface area contributed by atoms with Crippen molar-refractivity contribution in [2.45, 2.75) is 6.04 Å². The van der Waals surface area contributed by atoms with Gasteiger partial charge in [0.05, 0.1) is 6.07 Å². The van der Waals surface area contributed by atoms with E-state index in [2.05, 4.69) is 4.98 Å². The van der Waals surface area contributed by atoms with Crippen molar-refractivity contribution < 1.29 is 0 Å². The fourth-order valence-electron chi connectivity index (χ4n) is 0.645. The molecular formula is C7H7N3. The fourth-order valence-corrected chi connectivity index (χ4v) is 0.645. The molecule has 0 aromatic carbocycles. The number of nitrogens with zero attached hydrogens (tertiary/aromatic N) is 2. The number of hydrogen-bond acceptors (Lipinski definition) is 3. The van der Waals surface area contributed by atoms with Crippen LogP contribution in [0.5, 0.6) is 0 Å². The van der Waals surface area contributed by atoms with Gasteiger partial charge >= 0.3 is 0 Å². The smallest absolute Gasteiger partial charge is 0.118 e. The maximum absolute atomic E-state index is 8.39. The summed E-state index contributed by atoms with van der Waals surface area (Å²) in [5.41, 5.74) is 6.21. The van der Waals surface area contributed by atoms with E-state index in [1.807, 2.05) is 6.07 Å². The van der Waals surface area contributed by atoms with Crippen LogP contribution in [-0.4, -0.2) is 4.98 Å². The lowest BCUT2D eigenvalue weighted by Gasteiger charge is -1.98. The van der Waals surface area contributed by atoms with Crippen LogP contribution < -0.4 is 5.73 Å². The van der Waals surface area contributed by atoms with Gasteiger partial charge in [-0.05, 0) is 17.7 Å². The average Bonchev–Trinajstić information content (AvgIpc) is 2.05. The first-order valence-electron chi connectivity index (χ1n) is 2.89. The number of rotatable bonds is 1. The normalized spacial score (nSPS) is 12.0. The highest BCUT2D eigenvalue weighted by Gasteiger charge is 2.00. The highest BCUT2D eigenvalue weighted by Crippen LogP contribution is 2.05. The van der Waals surface area contributed by atoms with Crippen LogP contribution in [0.1, 0.15) is 11.6 Å². The first kappa shape index (κ1) is 6.72. The number of nitriles is 1. The number of pyridine rings is 1. The molecule has 0 bridgehead atoms. The van der Waals surface area contributed by atoms with Gasteiger partial charge in [-0.1, -0.05) is 0 Å². The first-order valence-corrected chi connectivity index (χ1v) is 2.89. The zero-order chi connectivity index (χ0) is 7.40. The lowest BCUT2D eigenvalue weighted by atomic mass is 10.1. The van der Waals surface area contributed by atoms with Crippen LogP contribution in [0.4, 0.5) is 0 Å². The van der Waals surface area contributed by atoms with Gasteiger partial charge in [-0.25, -0.2) is 0 Å². The van der Waals surface area contributed by atoms with E-state index >= 15 is 0 Å². The molecule has 1 aromatic rings. The molecule has 3 nitrogen and oxygen atoms in total. The maximum Gasteiger partial charge on any atom is 0.118 e. The van der Waals surface area contributed by atoms with Crippen molar-refractivity contribution in [3.05, 3.63) is 30.1 Å². The molecule has 0 aliphatic heterocycles. The van der Waals surface area contributed by atoms with Crippen molar-refractivity contribution >= 4 is 0 Å². The molecule has 0 aliphatic carbocycles. The number of nitrogens with two attached hydrogens (primary N) is 1. The molecule has 10 heavy (non-hydrogen) atoms.